The van der Waals surface area contributed by atoms with Gasteiger partial charge < -0.3 is 10.1 Å². The van der Waals surface area contributed by atoms with E-state index in [-0.39, 0.29) is 6.04 Å². The molecule has 0 saturated heterocycles. The molecule has 0 amide bonds. The van der Waals surface area contributed by atoms with E-state index in [0.29, 0.717) is 6.61 Å². The summed E-state index contributed by atoms with van der Waals surface area (Å²) in [5.41, 5.74) is 2.06. The molecule has 0 bridgehead atoms. The van der Waals surface area contributed by atoms with Gasteiger partial charge in [0.05, 0.1) is 18.3 Å². The molecule has 1 aromatic heterocycles. The lowest BCUT2D eigenvalue weighted by atomic mass is 10.2. The van der Waals surface area contributed by atoms with Gasteiger partial charge in [-0.3, -0.25) is 0 Å². The average Bonchev–Trinajstić information content (AvgIpc) is 2.88. The molecule has 0 aliphatic rings. The molecule has 2 rings (SSSR count). The van der Waals surface area contributed by atoms with E-state index in [1.165, 1.54) is 0 Å². The highest BCUT2D eigenvalue weighted by atomic mass is 16.5. The molecule has 96 valence electrons. The van der Waals surface area contributed by atoms with Crippen LogP contribution in [0.2, 0.25) is 0 Å². The fourth-order valence-electron chi connectivity index (χ4n) is 1.68. The summed E-state index contributed by atoms with van der Waals surface area (Å²) >= 11 is 0. The third kappa shape index (κ3) is 2.55. The average molecular weight is 247 g/mol. The molecular weight excluding hydrogens is 230 g/mol. The standard InChI is InChI=1S/C12H17N5O/c1-9(13-2)12-14-15-16-17(12)11-6-4-10(5-7-11)8-18-3/h4-7,9,13H,8H2,1-3H3. The monoisotopic (exact) mass is 247 g/mol. The van der Waals surface area contributed by atoms with Crippen LogP contribution in [0.1, 0.15) is 24.4 Å². The molecule has 1 atom stereocenters. The molecule has 0 radical (unpaired) electrons. The summed E-state index contributed by atoms with van der Waals surface area (Å²) in [7, 11) is 3.56. The molecule has 6 nitrogen and oxygen atoms in total. The highest BCUT2D eigenvalue weighted by Crippen LogP contribution is 2.14. The Morgan fingerprint density at radius 2 is 2.06 bits per heavy atom. The van der Waals surface area contributed by atoms with Crippen molar-refractivity contribution in [2.45, 2.75) is 19.6 Å². The summed E-state index contributed by atoms with van der Waals surface area (Å²) in [5, 5.41) is 14.9. The Morgan fingerprint density at radius 3 is 2.67 bits per heavy atom. The number of nitrogens with zero attached hydrogens (tertiary/aromatic N) is 4. The summed E-state index contributed by atoms with van der Waals surface area (Å²) in [4.78, 5) is 0. The number of hydrogen-bond donors (Lipinski definition) is 1. The zero-order valence-electron chi connectivity index (χ0n) is 10.8. The van der Waals surface area contributed by atoms with E-state index in [1.807, 2.05) is 38.2 Å². The predicted octanol–water partition coefficient (Wildman–Crippen LogP) is 1.09. The highest BCUT2D eigenvalue weighted by molar-refractivity contribution is 5.34. The van der Waals surface area contributed by atoms with Crippen LogP contribution >= 0.6 is 0 Å². The summed E-state index contributed by atoms with van der Waals surface area (Å²) < 4.78 is 6.81. The fraction of sp³-hybridized carbons (Fsp3) is 0.417. The minimum Gasteiger partial charge on any atom is -0.380 e. The van der Waals surface area contributed by atoms with Crippen LogP contribution in [0.15, 0.2) is 24.3 Å². The Hall–Kier alpha value is -1.79. The van der Waals surface area contributed by atoms with Gasteiger partial charge in [0.25, 0.3) is 0 Å². The number of ether oxygens (including phenoxy) is 1. The Labute approximate surface area is 106 Å². The van der Waals surface area contributed by atoms with Crippen molar-refractivity contribution < 1.29 is 4.74 Å². The number of nitrogens with one attached hydrogen (secondary N) is 1. The normalized spacial score (nSPS) is 12.6. The van der Waals surface area contributed by atoms with Crippen molar-refractivity contribution in [1.82, 2.24) is 25.5 Å². The summed E-state index contributed by atoms with van der Waals surface area (Å²) in [5.74, 6) is 0.789. The van der Waals surface area contributed by atoms with Crippen molar-refractivity contribution >= 4 is 0 Å². The molecule has 18 heavy (non-hydrogen) atoms. The molecule has 1 unspecified atom stereocenters. The largest absolute Gasteiger partial charge is 0.380 e. The molecule has 6 heteroatoms. The summed E-state index contributed by atoms with van der Waals surface area (Å²) in [6, 6.07) is 8.08. The highest BCUT2D eigenvalue weighted by Gasteiger charge is 2.13. The lowest BCUT2D eigenvalue weighted by molar-refractivity contribution is 0.185. The number of benzene rings is 1. The number of tetrazole rings is 1. The third-order valence-electron chi connectivity index (χ3n) is 2.81. The first-order chi connectivity index (χ1) is 8.76. The minimum atomic E-state index is 0.0960. The summed E-state index contributed by atoms with van der Waals surface area (Å²) in [6.45, 7) is 2.62. The van der Waals surface area contributed by atoms with Crippen LogP contribution < -0.4 is 5.32 Å². The molecule has 0 saturated carbocycles. The van der Waals surface area contributed by atoms with Gasteiger partial charge in [-0.05, 0) is 42.1 Å². The van der Waals surface area contributed by atoms with Gasteiger partial charge in [-0.1, -0.05) is 12.1 Å². The maximum Gasteiger partial charge on any atom is 0.173 e. The van der Waals surface area contributed by atoms with Gasteiger partial charge in [-0.15, -0.1) is 5.10 Å². The third-order valence-corrected chi connectivity index (χ3v) is 2.81. The Kier molecular flexibility index (Phi) is 4.01. The first-order valence-corrected chi connectivity index (χ1v) is 5.80. The van der Waals surface area contributed by atoms with E-state index in [4.69, 9.17) is 4.74 Å². The van der Waals surface area contributed by atoms with Gasteiger partial charge in [0.1, 0.15) is 0 Å². The second kappa shape index (κ2) is 5.70. The van der Waals surface area contributed by atoms with Gasteiger partial charge in [0.2, 0.25) is 0 Å². The van der Waals surface area contributed by atoms with Crippen molar-refractivity contribution in [2.75, 3.05) is 14.2 Å². The Bertz CT molecular complexity index is 493. The maximum absolute atomic E-state index is 5.08. The van der Waals surface area contributed by atoms with Gasteiger partial charge in [-0.25, -0.2) is 0 Å². The molecule has 2 aromatic rings. The number of rotatable bonds is 5. The van der Waals surface area contributed by atoms with Crippen LogP contribution in [0.25, 0.3) is 5.69 Å². The van der Waals surface area contributed by atoms with Crippen molar-refractivity contribution in [2.24, 2.45) is 0 Å². The van der Waals surface area contributed by atoms with E-state index < -0.39 is 0 Å². The second-order valence-corrected chi connectivity index (χ2v) is 4.06. The topological polar surface area (TPSA) is 64.9 Å². The molecule has 1 heterocycles. The number of hydrogen-bond acceptors (Lipinski definition) is 5. The van der Waals surface area contributed by atoms with Gasteiger partial charge in [-0.2, -0.15) is 4.68 Å². The molecule has 1 N–H and O–H groups in total. The van der Waals surface area contributed by atoms with Gasteiger partial charge >= 0.3 is 0 Å². The summed E-state index contributed by atoms with van der Waals surface area (Å²) in [6.07, 6.45) is 0. The van der Waals surface area contributed by atoms with Crippen molar-refractivity contribution in [3.8, 4) is 5.69 Å². The number of methoxy groups -OCH3 is 1. The zero-order valence-corrected chi connectivity index (χ0v) is 10.8. The molecule has 0 aliphatic heterocycles. The van der Waals surface area contributed by atoms with E-state index in [9.17, 15) is 0 Å². The lowest BCUT2D eigenvalue weighted by Gasteiger charge is -2.10. The first-order valence-electron chi connectivity index (χ1n) is 5.80. The van der Waals surface area contributed by atoms with Crippen molar-refractivity contribution in [3.63, 3.8) is 0 Å². The van der Waals surface area contributed by atoms with Gasteiger partial charge in [0.15, 0.2) is 5.82 Å². The Morgan fingerprint density at radius 1 is 1.33 bits per heavy atom. The first kappa shape index (κ1) is 12.7. The molecule has 0 fully saturated rings. The van der Waals surface area contributed by atoms with E-state index in [1.54, 1.807) is 11.8 Å². The molecule has 1 aromatic carbocycles. The fourth-order valence-corrected chi connectivity index (χ4v) is 1.68. The van der Waals surface area contributed by atoms with E-state index in [2.05, 4.69) is 20.8 Å². The molecule has 0 spiro atoms. The van der Waals surface area contributed by atoms with Crippen LogP contribution in [0.5, 0.6) is 0 Å². The minimum absolute atomic E-state index is 0.0960. The predicted molar refractivity (Wildman–Crippen MR) is 67.3 cm³/mol. The molecular formula is C12H17N5O. The maximum atomic E-state index is 5.08. The number of aromatic nitrogens is 4. The van der Waals surface area contributed by atoms with Crippen LogP contribution in [0.3, 0.4) is 0 Å². The smallest absolute Gasteiger partial charge is 0.173 e. The van der Waals surface area contributed by atoms with Crippen LogP contribution in [0, 0.1) is 0 Å². The molecule has 0 aliphatic carbocycles. The van der Waals surface area contributed by atoms with E-state index >= 15 is 0 Å². The van der Waals surface area contributed by atoms with Crippen molar-refractivity contribution in [1.29, 1.82) is 0 Å². The van der Waals surface area contributed by atoms with Crippen LogP contribution in [-0.2, 0) is 11.3 Å². The van der Waals surface area contributed by atoms with Crippen molar-refractivity contribution in [3.05, 3.63) is 35.7 Å². The van der Waals surface area contributed by atoms with Gasteiger partial charge in [0, 0.05) is 7.11 Å². The SMILES string of the molecule is CNC(C)c1nnnn1-c1ccc(COC)cc1. The van der Waals surface area contributed by atoms with Crippen LogP contribution in [0.4, 0.5) is 0 Å². The Balaban J connectivity index is 2.28. The quantitative estimate of drug-likeness (QED) is 0.856. The second-order valence-electron chi connectivity index (χ2n) is 4.06. The van der Waals surface area contributed by atoms with Crippen LogP contribution in [-0.4, -0.2) is 34.4 Å². The zero-order chi connectivity index (χ0) is 13.0. The van der Waals surface area contributed by atoms with E-state index in [0.717, 1.165) is 17.1 Å². The lowest BCUT2D eigenvalue weighted by Crippen LogP contribution is -2.17.